The summed E-state index contributed by atoms with van der Waals surface area (Å²) >= 11 is 0. The van der Waals surface area contributed by atoms with Crippen molar-refractivity contribution in [2.75, 3.05) is 36.4 Å². The van der Waals surface area contributed by atoms with Gasteiger partial charge in [-0.1, -0.05) is 67.6 Å². The first-order valence-electron chi connectivity index (χ1n) is 14.6. The Balaban J connectivity index is 1.28. The van der Waals surface area contributed by atoms with Crippen LogP contribution < -0.4 is 10.2 Å². The Hall–Kier alpha value is -3.60. The molecule has 2 saturated heterocycles. The molecule has 204 valence electrons. The fraction of sp³-hybridized carbons (Fsp3) is 0.412. The Labute approximate surface area is 233 Å². The van der Waals surface area contributed by atoms with Crippen molar-refractivity contribution in [3.63, 3.8) is 0 Å². The van der Waals surface area contributed by atoms with Crippen LogP contribution in [0.15, 0.2) is 78.9 Å². The number of nitrogens with zero attached hydrogens (tertiary/aromatic N) is 2. The van der Waals surface area contributed by atoms with E-state index < -0.39 is 0 Å². The van der Waals surface area contributed by atoms with Crippen molar-refractivity contribution < 1.29 is 9.59 Å². The van der Waals surface area contributed by atoms with Crippen LogP contribution in [0.4, 0.5) is 11.4 Å². The molecule has 0 saturated carbocycles. The summed E-state index contributed by atoms with van der Waals surface area (Å²) in [4.78, 5) is 31.0. The van der Waals surface area contributed by atoms with Gasteiger partial charge in [-0.05, 0) is 79.7 Å². The highest BCUT2D eigenvalue weighted by atomic mass is 16.2. The predicted octanol–water partition coefficient (Wildman–Crippen LogP) is 6.59. The highest BCUT2D eigenvalue weighted by Crippen LogP contribution is 2.32. The van der Waals surface area contributed by atoms with Crippen molar-refractivity contribution >= 4 is 23.2 Å². The predicted molar refractivity (Wildman–Crippen MR) is 159 cm³/mol. The van der Waals surface area contributed by atoms with Crippen molar-refractivity contribution in [3.05, 3.63) is 95.6 Å². The summed E-state index contributed by atoms with van der Waals surface area (Å²) in [7, 11) is 0. The second-order valence-electron chi connectivity index (χ2n) is 11.4. The number of carbonyl (C=O) groups excluding carboxylic acids is 2. The molecule has 2 aliphatic rings. The molecule has 2 fully saturated rings. The van der Waals surface area contributed by atoms with Crippen molar-refractivity contribution in [2.45, 2.75) is 51.9 Å². The third-order valence-electron chi connectivity index (χ3n) is 8.39. The largest absolute Gasteiger partial charge is 0.371 e. The standard InChI is InChI=1S/C34H41N3O2/c1-26-16-20-37(21-17-26)34(39)31-25-30(35-33(38)15-12-27-8-4-2-5-9-27)13-14-32(31)36-22-18-29(19-23-36)24-28-10-6-3-7-11-28/h2-11,13-14,25-26,29H,12,15-24H2,1H3,(H,35,38). The van der Waals surface area contributed by atoms with Gasteiger partial charge >= 0.3 is 0 Å². The number of benzene rings is 3. The minimum Gasteiger partial charge on any atom is -0.371 e. The molecule has 0 radical (unpaired) electrons. The lowest BCUT2D eigenvalue weighted by molar-refractivity contribution is -0.116. The Morgan fingerprint density at radius 2 is 1.44 bits per heavy atom. The first-order valence-corrected chi connectivity index (χ1v) is 14.6. The van der Waals surface area contributed by atoms with Gasteiger partial charge in [0.05, 0.1) is 5.56 Å². The van der Waals surface area contributed by atoms with Gasteiger partial charge in [-0.15, -0.1) is 0 Å². The molecule has 39 heavy (non-hydrogen) atoms. The first-order chi connectivity index (χ1) is 19.0. The summed E-state index contributed by atoms with van der Waals surface area (Å²) in [5.41, 5.74) is 4.96. The number of likely N-dealkylation sites (tertiary alicyclic amines) is 1. The molecule has 0 spiro atoms. The molecule has 0 bridgehead atoms. The molecule has 2 heterocycles. The summed E-state index contributed by atoms with van der Waals surface area (Å²) in [6.07, 6.45) is 6.53. The van der Waals surface area contributed by atoms with Crippen LogP contribution in [0.5, 0.6) is 0 Å². The lowest BCUT2D eigenvalue weighted by Gasteiger charge is -2.36. The zero-order chi connectivity index (χ0) is 27.0. The zero-order valence-corrected chi connectivity index (χ0v) is 23.1. The minimum atomic E-state index is -0.0291. The number of carbonyl (C=O) groups is 2. The maximum absolute atomic E-state index is 13.8. The van der Waals surface area contributed by atoms with Gasteiger partial charge in [-0.25, -0.2) is 0 Å². The van der Waals surface area contributed by atoms with Crippen molar-refractivity contribution in [1.29, 1.82) is 0 Å². The van der Waals surface area contributed by atoms with E-state index in [0.717, 1.165) is 69.5 Å². The average molecular weight is 524 g/mol. The highest BCUT2D eigenvalue weighted by molar-refractivity contribution is 6.02. The second kappa shape index (κ2) is 13.0. The summed E-state index contributed by atoms with van der Waals surface area (Å²) in [6, 6.07) is 26.7. The topological polar surface area (TPSA) is 52.7 Å². The average Bonchev–Trinajstić information content (AvgIpc) is 2.98. The van der Waals surface area contributed by atoms with E-state index in [1.54, 1.807) is 0 Å². The van der Waals surface area contributed by atoms with Gasteiger partial charge in [-0.3, -0.25) is 9.59 Å². The smallest absolute Gasteiger partial charge is 0.256 e. The maximum atomic E-state index is 13.8. The molecule has 2 amide bonds. The van der Waals surface area contributed by atoms with Crippen molar-refractivity contribution in [3.8, 4) is 0 Å². The molecule has 0 unspecified atom stereocenters. The van der Waals surface area contributed by atoms with Gasteiger partial charge in [0, 0.05) is 44.0 Å². The molecule has 2 aliphatic heterocycles. The van der Waals surface area contributed by atoms with Crippen LogP contribution >= 0.6 is 0 Å². The van der Waals surface area contributed by atoms with Crippen molar-refractivity contribution in [2.24, 2.45) is 11.8 Å². The van der Waals surface area contributed by atoms with Gasteiger partial charge in [-0.2, -0.15) is 0 Å². The quantitative estimate of drug-likeness (QED) is 0.362. The SMILES string of the molecule is CC1CCN(C(=O)c2cc(NC(=O)CCc3ccccc3)ccc2N2CCC(Cc3ccccc3)CC2)CC1. The lowest BCUT2D eigenvalue weighted by Crippen LogP contribution is -2.40. The van der Waals surface area contributed by atoms with Crippen LogP contribution in [-0.2, 0) is 17.6 Å². The molecule has 0 aromatic heterocycles. The zero-order valence-electron chi connectivity index (χ0n) is 23.1. The monoisotopic (exact) mass is 523 g/mol. The van der Waals surface area contributed by atoms with Gasteiger partial charge < -0.3 is 15.1 Å². The Kier molecular flexibility index (Phi) is 8.97. The van der Waals surface area contributed by atoms with Crippen LogP contribution in [-0.4, -0.2) is 42.9 Å². The normalized spacial score (nSPS) is 16.7. The van der Waals surface area contributed by atoms with E-state index in [2.05, 4.69) is 47.5 Å². The van der Waals surface area contributed by atoms with E-state index in [0.29, 0.717) is 35.9 Å². The molecular weight excluding hydrogens is 482 g/mol. The molecule has 5 rings (SSSR count). The number of nitrogens with one attached hydrogen (secondary N) is 1. The Bertz CT molecular complexity index is 1230. The molecule has 5 nitrogen and oxygen atoms in total. The summed E-state index contributed by atoms with van der Waals surface area (Å²) in [6.45, 7) is 5.74. The van der Waals surface area contributed by atoms with Crippen LogP contribution in [0.3, 0.4) is 0 Å². The number of piperidine rings is 2. The van der Waals surface area contributed by atoms with Crippen LogP contribution in [0, 0.1) is 11.8 Å². The number of hydrogen-bond donors (Lipinski definition) is 1. The first kappa shape index (κ1) is 27.0. The number of anilines is 2. The molecule has 3 aromatic carbocycles. The van der Waals surface area contributed by atoms with Gasteiger partial charge in [0.25, 0.3) is 5.91 Å². The van der Waals surface area contributed by atoms with E-state index in [-0.39, 0.29) is 11.8 Å². The number of rotatable bonds is 8. The molecule has 5 heteroatoms. The number of aryl methyl sites for hydroxylation is 1. The third kappa shape index (κ3) is 7.29. The fourth-order valence-electron chi connectivity index (χ4n) is 5.89. The minimum absolute atomic E-state index is 0.0291. The van der Waals surface area contributed by atoms with E-state index in [4.69, 9.17) is 0 Å². The molecule has 1 N–H and O–H groups in total. The molecular formula is C34H41N3O2. The Morgan fingerprint density at radius 1 is 0.795 bits per heavy atom. The number of hydrogen-bond acceptors (Lipinski definition) is 3. The maximum Gasteiger partial charge on any atom is 0.256 e. The summed E-state index contributed by atoms with van der Waals surface area (Å²) in [5, 5.41) is 3.05. The van der Waals surface area contributed by atoms with Gasteiger partial charge in [0.2, 0.25) is 5.91 Å². The van der Waals surface area contributed by atoms with Gasteiger partial charge in [0.15, 0.2) is 0 Å². The second-order valence-corrected chi connectivity index (χ2v) is 11.4. The summed E-state index contributed by atoms with van der Waals surface area (Å²) in [5.74, 6) is 1.38. The molecule has 0 aliphatic carbocycles. The van der Waals surface area contributed by atoms with E-state index in [9.17, 15) is 9.59 Å². The molecule has 0 atom stereocenters. The molecule has 3 aromatic rings. The van der Waals surface area contributed by atoms with Gasteiger partial charge in [0.1, 0.15) is 0 Å². The van der Waals surface area contributed by atoms with E-state index in [1.807, 2.05) is 53.4 Å². The Morgan fingerprint density at radius 3 is 2.10 bits per heavy atom. The van der Waals surface area contributed by atoms with Crippen LogP contribution in [0.2, 0.25) is 0 Å². The fourth-order valence-corrected chi connectivity index (χ4v) is 5.89. The highest BCUT2D eigenvalue weighted by Gasteiger charge is 2.27. The van der Waals surface area contributed by atoms with Crippen LogP contribution in [0.25, 0.3) is 0 Å². The van der Waals surface area contributed by atoms with Crippen molar-refractivity contribution in [1.82, 2.24) is 4.90 Å². The summed E-state index contributed by atoms with van der Waals surface area (Å²) < 4.78 is 0. The third-order valence-corrected chi connectivity index (χ3v) is 8.39. The van der Waals surface area contributed by atoms with Crippen LogP contribution in [0.1, 0.15) is 60.5 Å². The van der Waals surface area contributed by atoms with E-state index in [1.165, 1.54) is 5.56 Å². The van der Waals surface area contributed by atoms with E-state index >= 15 is 0 Å². The lowest BCUT2D eigenvalue weighted by atomic mass is 9.89. The number of amides is 2.